The number of aromatic carboxylic acids is 1. The van der Waals surface area contributed by atoms with E-state index in [-0.39, 0.29) is 19.2 Å². The highest BCUT2D eigenvalue weighted by Gasteiger charge is 2.17. The lowest BCUT2D eigenvalue weighted by Crippen LogP contribution is -2.00. The van der Waals surface area contributed by atoms with Gasteiger partial charge in [0.1, 0.15) is 5.82 Å². The van der Waals surface area contributed by atoms with Gasteiger partial charge in [-0.15, -0.1) is 0 Å². The molecule has 0 heterocycles. The van der Waals surface area contributed by atoms with Crippen molar-refractivity contribution in [1.82, 2.24) is 0 Å². The normalized spacial score (nSPS) is 10.2. The van der Waals surface area contributed by atoms with Crippen molar-refractivity contribution in [2.24, 2.45) is 0 Å². The first kappa shape index (κ1) is 11.0. The summed E-state index contributed by atoms with van der Waals surface area (Å²) in [6.07, 6.45) is 0. The van der Waals surface area contributed by atoms with Gasteiger partial charge in [-0.05, 0) is 28.7 Å². The van der Waals surface area contributed by atoms with Crippen molar-refractivity contribution in [1.29, 1.82) is 0 Å². The molecule has 0 amide bonds. The van der Waals surface area contributed by atoms with Crippen LogP contribution >= 0.6 is 45.8 Å². The van der Waals surface area contributed by atoms with Gasteiger partial charge in [-0.3, -0.25) is 0 Å². The molecule has 0 aliphatic heterocycles. The second kappa shape index (κ2) is 3.98. The Morgan fingerprint density at radius 1 is 1.46 bits per heavy atom. The van der Waals surface area contributed by atoms with Crippen molar-refractivity contribution >= 4 is 51.8 Å². The molecule has 0 aromatic heterocycles. The Bertz CT molecular complexity index is 381. The van der Waals surface area contributed by atoms with Gasteiger partial charge >= 0.3 is 5.97 Å². The fourth-order valence-electron chi connectivity index (χ4n) is 0.728. The summed E-state index contributed by atoms with van der Waals surface area (Å²) in [5, 5.41) is 8.41. The van der Waals surface area contributed by atoms with Gasteiger partial charge in [0.25, 0.3) is 0 Å². The summed E-state index contributed by atoms with van der Waals surface area (Å²) in [5.41, 5.74) is -0.284. The second-order valence-corrected chi connectivity index (χ2v) is 3.99. The lowest BCUT2D eigenvalue weighted by Gasteiger charge is -2.04. The number of rotatable bonds is 1. The predicted molar refractivity (Wildman–Crippen MR) is 56.1 cm³/mol. The van der Waals surface area contributed by atoms with Gasteiger partial charge < -0.3 is 5.11 Å². The van der Waals surface area contributed by atoms with Crippen molar-refractivity contribution in [2.45, 2.75) is 0 Å². The van der Waals surface area contributed by atoms with E-state index in [4.69, 9.17) is 28.3 Å². The Hall–Kier alpha value is -0.0700. The average molecular weight is 335 g/mol. The molecule has 0 aliphatic rings. The highest BCUT2D eigenvalue weighted by molar-refractivity contribution is 14.1. The molecule has 0 saturated carbocycles. The summed E-state index contributed by atoms with van der Waals surface area (Å²) in [7, 11) is 0. The quantitative estimate of drug-likeness (QED) is 0.485. The fraction of sp³-hybridized carbons (Fsp3) is 0. The number of hydrogen-bond donors (Lipinski definition) is 1. The number of hydrogen-bond acceptors (Lipinski definition) is 1. The highest BCUT2D eigenvalue weighted by atomic mass is 127. The minimum atomic E-state index is -1.28. The SMILES string of the molecule is O=C(O)c1cc(F)c(Cl)c(I)c1Cl. The van der Waals surface area contributed by atoms with Crippen LogP contribution in [0.4, 0.5) is 4.39 Å². The second-order valence-electron chi connectivity index (χ2n) is 2.15. The van der Waals surface area contributed by atoms with Crippen molar-refractivity contribution < 1.29 is 14.3 Å². The standard InChI is InChI=1S/C7H2Cl2FIO2/c8-4-2(7(12)13)1-3(10)5(9)6(4)11/h1H,(H,12,13). The molecule has 6 heteroatoms. The van der Waals surface area contributed by atoms with Crippen molar-refractivity contribution in [3.8, 4) is 0 Å². The van der Waals surface area contributed by atoms with E-state index < -0.39 is 11.8 Å². The summed E-state index contributed by atoms with van der Waals surface area (Å²) < 4.78 is 13.1. The molecule has 2 nitrogen and oxygen atoms in total. The molecule has 1 N–H and O–H groups in total. The van der Waals surface area contributed by atoms with Gasteiger partial charge in [-0.1, -0.05) is 23.2 Å². The summed E-state index contributed by atoms with van der Waals surface area (Å²) in [6, 6.07) is 0.801. The Morgan fingerprint density at radius 2 is 2.00 bits per heavy atom. The van der Waals surface area contributed by atoms with Gasteiger partial charge in [-0.25, -0.2) is 9.18 Å². The van der Waals surface area contributed by atoms with E-state index in [0.29, 0.717) is 0 Å². The number of carboxylic acid groups (broad SMARTS) is 1. The van der Waals surface area contributed by atoms with Crippen molar-refractivity contribution in [3.05, 3.63) is 31.1 Å². The van der Waals surface area contributed by atoms with E-state index in [9.17, 15) is 9.18 Å². The lowest BCUT2D eigenvalue weighted by atomic mass is 10.2. The molecule has 1 rings (SSSR count). The Labute approximate surface area is 96.8 Å². The Morgan fingerprint density at radius 3 is 2.46 bits per heavy atom. The molecule has 0 spiro atoms. The number of carboxylic acids is 1. The maximum absolute atomic E-state index is 12.9. The monoisotopic (exact) mass is 334 g/mol. The average Bonchev–Trinajstić information content (AvgIpc) is 2.07. The summed E-state index contributed by atoms with van der Waals surface area (Å²) in [4.78, 5) is 10.5. The van der Waals surface area contributed by atoms with E-state index in [1.807, 2.05) is 0 Å². The largest absolute Gasteiger partial charge is 0.478 e. The molecular weight excluding hydrogens is 333 g/mol. The van der Waals surface area contributed by atoms with E-state index in [2.05, 4.69) is 0 Å². The Balaban J connectivity index is 3.50. The van der Waals surface area contributed by atoms with Crippen LogP contribution in [0.25, 0.3) is 0 Å². The van der Waals surface area contributed by atoms with Gasteiger partial charge in [-0.2, -0.15) is 0 Å². The molecule has 0 atom stereocenters. The molecule has 0 aliphatic carbocycles. The van der Waals surface area contributed by atoms with Gasteiger partial charge in [0.2, 0.25) is 0 Å². The Kier molecular flexibility index (Phi) is 3.37. The number of halogens is 4. The molecule has 1 aromatic rings. The summed E-state index contributed by atoms with van der Waals surface area (Å²) in [5.74, 6) is -2.06. The summed E-state index contributed by atoms with van der Waals surface area (Å²) >= 11 is 12.8. The number of benzene rings is 1. The van der Waals surface area contributed by atoms with Gasteiger partial charge in [0.05, 0.1) is 19.2 Å². The van der Waals surface area contributed by atoms with Gasteiger partial charge in [0, 0.05) is 0 Å². The van der Waals surface area contributed by atoms with E-state index in [0.717, 1.165) is 6.07 Å². The van der Waals surface area contributed by atoms with Crippen LogP contribution in [0.5, 0.6) is 0 Å². The highest BCUT2D eigenvalue weighted by Crippen LogP contribution is 2.31. The molecule has 1 aromatic carbocycles. The van der Waals surface area contributed by atoms with Crippen LogP contribution < -0.4 is 0 Å². The van der Waals surface area contributed by atoms with Crippen LogP contribution in [-0.2, 0) is 0 Å². The van der Waals surface area contributed by atoms with Gasteiger partial charge in [0.15, 0.2) is 0 Å². The lowest BCUT2D eigenvalue weighted by molar-refractivity contribution is 0.0696. The topological polar surface area (TPSA) is 37.3 Å². The number of carbonyl (C=O) groups is 1. The van der Waals surface area contributed by atoms with Crippen LogP contribution in [0.1, 0.15) is 10.4 Å². The first-order valence-corrected chi connectivity index (χ1v) is 4.85. The molecule has 13 heavy (non-hydrogen) atoms. The van der Waals surface area contributed by atoms with Crippen LogP contribution in [0.15, 0.2) is 6.07 Å². The van der Waals surface area contributed by atoms with Crippen molar-refractivity contribution in [3.63, 3.8) is 0 Å². The zero-order chi connectivity index (χ0) is 10.2. The van der Waals surface area contributed by atoms with Crippen LogP contribution in [0.3, 0.4) is 0 Å². The maximum Gasteiger partial charge on any atom is 0.337 e. The minimum absolute atomic E-state index is 0.0421. The summed E-state index contributed by atoms with van der Waals surface area (Å²) in [6.45, 7) is 0. The molecule has 0 radical (unpaired) electrons. The van der Waals surface area contributed by atoms with E-state index in [1.165, 1.54) is 0 Å². The van der Waals surface area contributed by atoms with Crippen LogP contribution in [-0.4, -0.2) is 11.1 Å². The third kappa shape index (κ3) is 2.05. The molecule has 0 bridgehead atoms. The van der Waals surface area contributed by atoms with E-state index >= 15 is 0 Å². The molecular formula is C7H2Cl2FIO2. The maximum atomic E-state index is 12.9. The fourth-order valence-corrected chi connectivity index (χ4v) is 1.70. The third-order valence-electron chi connectivity index (χ3n) is 1.33. The predicted octanol–water partition coefficient (Wildman–Crippen LogP) is 3.44. The van der Waals surface area contributed by atoms with Crippen molar-refractivity contribution in [2.75, 3.05) is 0 Å². The molecule has 0 fully saturated rings. The zero-order valence-corrected chi connectivity index (χ0v) is 9.61. The molecule has 0 saturated heterocycles. The minimum Gasteiger partial charge on any atom is -0.478 e. The van der Waals surface area contributed by atoms with Crippen LogP contribution in [0.2, 0.25) is 10.0 Å². The van der Waals surface area contributed by atoms with Crippen LogP contribution in [0, 0.1) is 9.39 Å². The molecule has 70 valence electrons. The first-order valence-electron chi connectivity index (χ1n) is 3.01. The third-order valence-corrected chi connectivity index (χ3v) is 3.81. The first-order chi connectivity index (χ1) is 5.95. The smallest absolute Gasteiger partial charge is 0.337 e. The zero-order valence-electron chi connectivity index (χ0n) is 5.94. The van der Waals surface area contributed by atoms with E-state index in [1.54, 1.807) is 22.6 Å². The molecule has 0 unspecified atom stereocenters.